The molecule has 0 aliphatic heterocycles. The molecule has 0 bridgehead atoms. The second-order valence-electron chi connectivity index (χ2n) is 12.5. The Morgan fingerprint density at radius 3 is 1.21 bits per heavy atom. The zero-order chi connectivity index (χ0) is 29.8. The number of hydrogen-bond donors (Lipinski definition) is 1. The number of carbonyl (C=O) groups is 5. The molecule has 11 heteroatoms. The van der Waals surface area contributed by atoms with E-state index in [9.17, 15) is 24.0 Å². The average molecular weight is 546 g/mol. The van der Waals surface area contributed by atoms with E-state index in [-0.39, 0.29) is 44.3 Å². The van der Waals surface area contributed by atoms with E-state index in [1.165, 1.54) is 6.92 Å². The zero-order valence-electron chi connectivity index (χ0n) is 24.7. The predicted molar refractivity (Wildman–Crippen MR) is 138 cm³/mol. The molecular formula is C27H47NO10. The van der Waals surface area contributed by atoms with Crippen molar-refractivity contribution in [3.05, 3.63) is 0 Å². The van der Waals surface area contributed by atoms with Gasteiger partial charge < -0.3 is 23.8 Å². The van der Waals surface area contributed by atoms with Crippen LogP contribution in [0.15, 0.2) is 0 Å². The Morgan fingerprint density at radius 2 is 0.921 bits per heavy atom. The molecule has 0 saturated carbocycles. The van der Waals surface area contributed by atoms with Crippen LogP contribution in [-0.4, -0.2) is 62.8 Å². The summed E-state index contributed by atoms with van der Waals surface area (Å²) in [6, 6.07) is 0. The van der Waals surface area contributed by atoms with Gasteiger partial charge in [-0.05, 0) is 87.0 Å². The summed E-state index contributed by atoms with van der Waals surface area (Å²) in [6.45, 7) is 16.5. The van der Waals surface area contributed by atoms with Crippen LogP contribution in [0.4, 0.5) is 0 Å². The van der Waals surface area contributed by atoms with Crippen LogP contribution in [0, 0.1) is 21.7 Å². The summed E-state index contributed by atoms with van der Waals surface area (Å²) in [5, 5.41) is 0. The first-order chi connectivity index (χ1) is 17.2. The number of esters is 4. The van der Waals surface area contributed by atoms with Crippen LogP contribution in [0.3, 0.4) is 0 Å². The van der Waals surface area contributed by atoms with Gasteiger partial charge in [-0.2, -0.15) is 5.48 Å². The van der Waals surface area contributed by atoms with Gasteiger partial charge in [0.2, 0.25) is 0 Å². The van der Waals surface area contributed by atoms with Crippen molar-refractivity contribution in [2.45, 2.75) is 88.5 Å². The van der Waals surface area contributed by atoms with Crippen molar-refractivity contribution >= 4 is 29.8 Å². The fourth-order valence-corrected chi connectivity index (χ4v) is 2.83. The standard InChI is InChI=1S/C27H47NO10/c1-19(29)37-17-20(30)38-28-18-27(11-14-34-21(31)24(2,3)4,12-15-35-22(32)25(5,6)7)13-16-36-23(33)26(8,9)10/h28H,11-18H2,1-10H3. The quantitative estimate of drug-likeness (QED) is 0.194. The summed E-state index contributed by atoms with van der Waals surface area (Å²) in [6.07, 6.45) is 0.885. The van der Waals surface area contributed by atoms with E-state index in [1.807, 2.05) is 0 Å². The molecule has 1 N–H and O–H groups in total. The third-order valence-electron chi connectivity index (χ3n) is 5.46. The maximum Gasteiger partial charge on any atom is 0.362 e. The molecule has 0 spiro atoms. The van der Waals surface area contributed by atoms with Gasteiger partial charge >= 0.3 is 29.8 Å². The van der Waals surface area contributed by atoms with E-state index in [0.29, 0.717) is 19.3 Å². The number of carbonyl (C=O) groups excluding carboxylic acids is 5. The van der Waals surface area contributed by atoms with Gasteiger partial charge in [-0.15, -0.1) is 0 Å². The second kappa shape index (κ2) is 15.0. The molecule has 11 nitrogen and oxygen atoms in total. The average Bonchev–Trinajstić information content (AvgIpc) is 2.75. The number of hydrogen-bond acceptors (Lipinski definition) is 11. The third-order valence-corrected chi connectivity index (χ3v) is 5.46. The maximum absolute atomic E-state index is 12.3. The van der Waals surface area contributed by atoms with E-state index in [0.717, 1.165) is 0 Å². The summed E-state index contributed by atoms with van der Waals surface area (Å²) in [4.78, 5) is 64.8. The molecule has 0 aromatic heterocycles. The van der Waals surface area contributed by atoms with Gasteiger partial charge in [0, 0.05) is 13.5 Å². The summed E-state index contributed by atoms with van der Waals surface area (Å²) in [5.41, 5.74) is -0.265. The Kier molecular flexibility index (Phi) is 14.0. The van der Waals surface area contributed by atoms with Crippen LogP contribution in [0.2, 0.25) is 0 Å². The smallest absolute Gasteiger partial charge is 0.362 e. The number of ether oxygens (including phenoxy) is 4. The Hall–Kier alpha value is -2.69. The van der Waals surface area contributed by atoms with Crippen molar-refractivity contribution in [3.8, 4) is 0 Å². The van der Waals surface area contributed by atoms with Gasteiger partial charge in [0.15, 0.2) is 6.61 Å². The summed E-state index contributed by atoms with van der Waals surface area (Å²) >= 11 is 0. The molecule has 0 aromatic carbocycles. The lowest BCUT2D eigenvalue weighted by Crippen LogP contribution is -2.40. The molecule has 0 saturated heterocycles. The van der Waals surface area contributed by atoms with Gasteiger partial charge in [0.05, 0.1) is 36.1 Å². The molecule has 0 heterocycles. The van der Waals surface area contributed by atoms with Crippen molar-refractivity contribution in [2.75, 3.05) is 33.0 Å². The first-order valence-corrected chi connectivity index (χ1v) is 12.8. The SMILES string of the molecule is CC(=O)OCC(=O)ONCC(CCOC(=O)C(C)(C)C)(CCOC(=O)C(C)(C)C)CCOC(=O)C(C)(C)C. The highest BCUT2D eigenvalue weighted by Crippen LogP contribution is 2.32. The van der Waals surface area contributed by atoms with Crippen LogP contribution in [-0.2, 0) is 47.8 Å². The molecule has 0 amide bonds. The fourth-order valence-electron chi connectivity index (χ4n) is 2.83. The highest BCUT2D eigenvalue weighted by Gasteiger charge is 2.34. The molecule has 220 valence electrons. The molecule has 0 rings (SSSR count). The molecule has 0 aliphatic carbocycles. The van der Waals surface area contributed by atoms with Crippen LogP contribution in [0.5, 0.6) is 0 Å². The van der Waals surface area contributed by atoms with E-state index in [2.05, 4.69) is 10.2 Å². The van der Waals surface area contributed by atoms with Crippen LogP contribution in [0.1, 0.15) is 88.5 Å². The molecule has 0 aromatic rings. The lowest BCUT2D eigenvalue weighted by Gasteiger charge is -2.34. The molecule has 38 heavy (non-hydrogen) atoms. The van der Waals surface area contributed by atoms with Crippen molar-refractivity contribution in [3.63, 3.8) is 0 Å². The van der Waals surface area contributed by atoms with E-state index in [1.54, 1.807) is 62.3 Å². The van der Waals surface area contributed by atoms with Gasteiger partial charge in [-0.3, -0.25) is 19.2 Å². The molecule has 0 aliphatic rings. The summed E-state index contributed by atoms with van der Waals surface area (Å²) < 4.78 is 21.0. The predicted octanol–water partition coefficient (Wildman–Crippen LogP) is 3.52. The molecule has 0 fully saturated rings. The highest BCUT2D eigenvalue weighted by atomic mass is 16.7. The Balaban J connectivity index is 5.66. The normalized spacial score (nSPS) is 12.4. The monoisotopic (exact) mass is 545 g/mol. The first kappa shape index (κ1) is 35.3. The van der Waals surface area contributed by atoms with Crippen LogP contribution in [0.25, 0.3) is 0 Å². The van der Waals surface area contributed by atoms with Crippen molar-refractivity contribution in [2.24, 2.45) is 21.7 Å². The molecule has 0 unspecified atom stereocenters. The highest BCUT2D eigenvalue weighted by molar-refractivity contribution is 5.76. The first-order valence-electron chi connectivity index (χ1n) is 12.8. The molecule has 0 atom stereocenters. The van der Waals surface area contributed by atoms with Gasteiger partial charge in [0.1, 0.15) is 0 Å². The largest absolute Gasteiger partial charge is 0.465 e. The minimum Gasteiger partial charge on any atom is -0.465 e. The topological polar surface area (TPSA) is 144 Å². The lowest BCUT2D eigenvalue weighted by atomic mass is 9.78. The van der Waals surface area contributed by atoms with E-state index >= 15 is 0 Å². The number of hydroxylamine groups is 1. The van der Waals surface area contributed by atoms with E-state index in [4.69, 9.17) is 19.0 Å². The van der Waals surface area contributed by atoms with Gasteiger partial charge in [-0.1, -0.05) is 0 Å². The van der Waals surface area contributed by atoms with E-state index < -0.39 is 40.2 Å². The number of rotatable bonds is 14. The minimum absolute atomic E-state index is 0.0413. The van der Waals surface area contributed by atoms with Crippen LogP contribution >= 0.6 is 0 Å². The third kappa shape index (κ3) is 14.9. The Labute approximate surface area is 226 Å². The second-order valence-corrected chi connectivity index (χ2v) is 12.5. The summed E-state index contributed by atoms with van der Waals surface area (Å²) in [5.74, 6) is -2.59. The molecule has 0 radical (unpaired) electrons. The summed E-state index contributed by atoms with van der Waals surface area (Å²) in [7, 11) is 0. The zero-order valence-corrected chi connectivity index (χ0v) is 24.7. The Morgan fingerprint density at radius 1 is 0.579 bits per heavy atom. The van der Waals surface area contributed by atoms with Crippen molar-refractivity contribution < 1.29 is 47.8 Å². The van der Waals surface area contributed by atoms with Gasteiger partial charge in [0.25, 0.3) is 0 Å². The van der Waals surface area contributed by atoms with Crippen molar-refractivity contribution in [1.29, 1.82) is 0 Å². The maximum atomic E-state index is 12.3. The van der Waals surface area contributed by atoms with Gasteiger partial charge in [-0.25, -0.2) is 4.79 Å². The minimum atomic E-state index is -0.813. The fraction of sp³-hybridized carbons (Fsp3) is 0.815. The number of nitrogens with one attached hydrogen (secondary N) is 1. The molecular weight excluding hydrogens is 498 g/mol. The Bertz CT molecular complexity index is 736. The van der Waals surface area contributed by atoms with Crippen LogP contribution < -0.4 is 5.48 Å². The lowest BCUT2D eigenvalue weighted by molar-refractivity contribution is -0.164. The van der Waals surface area contributed by atoms with Crippen molar-refractivity contribution in [1.82, 2.24) is 5.48 Å².